The molecule has 0 saturated carbocycles. The van der Waals surface area contributed by atoms with Crippen LogP contribution in [0.5, 0.6) is 0 Å². The van der Waals surface area contributed by atoms with Gasteiger partial charge in [0.1, 0.15) is 5.52 Å². The molecule has 0 atom stereocenters. The zero-order valence-electron chi connectivity index (χ0n) is 9.86. The van der Waals surface area contributed by atoms with E-state index in [-0.39, 0.29) is 5.56 Å². The molecule has 0 aliphatic carbocycles. The molecule has 0 radical (unpaired) electrons. The van der Waals surface area contributed by atoms with Crippen LogP contribution in [-0.2, 0) is 11.3 Å². The molecule has 0 amide bonds. The van der Waals surface area contributed by atoms with Crippen LogP contribution in [0.15, 0.2) is 21.7 Å². The summed E-state index contributed by atoms with van der Waals surface area (Å²) in [5, 5.41) is 7.53. The van der Waals surface area contributed by atoms with E-state index >= 15 is 0 Å². The highest BCUT2D eigenvalue weighted by Gasteiger charge is 2.16. The van der Waals surface area contributed by atoms with Gasteiger partial charge in [0.25, 0.3) is 5.56 Å². The third kappa shape index (κ3) is 2.10. The lowest BCUT2D eigenvalue weighted by atomic mass is 10.0. The van der Waals surface area contributed by atoms with Gasteiger partial charge in [0.2, 0.25) is 0 Å². The number of ether oxygens (including phenoxy) is 1. The van der Waals surface area contributed by atoms with E-state index in [1.807, 2.05) is 6.20 Å². The van der Waals surface area contributed by atoms with Crippen molar-refractivity contribution in [2.75, 3.05) is 13.2 Å². The van der Waals surface area contributed by atoms with Crippen molar-refractivity contribution in [3.63, 3.8) is 0 Å². The monoisotopic (exact) mass is 311 g/mol. The number of pyridine rings is 1. The molecule has 6 heteroatoms. The summed E-state index contributed by atoms with van der Waals surface area (Å²) in [6.45, 7) is 2.34. The Morgan fingerprint density at radius 2 is 2.28 bits per heavy atom. The van der Waals surface area contributed by atoms with Crippen molar-refractivity contribution in [3.8, 4) is 0 Å². The summed E-state index contributed by atoms with van der Waals surface area (Å²) in [6.07, 6.45) is 5.56. The molecular formula is C12H14BrN3O2. The van der Waals surface area contributed by atoms with Crippen LogP contribution in [0, 0.1) is 5.92 Å². The largest absolute Gasteiger partial charge is 0.381 e. The van der Waals surface area contributed by atoms with Gasteiger partial charge in [-0.3, -0.25) is 9.89 Å². The summed E-state index contributed by atoms with van der Waals surface area (Å²) in [5.41, 5.74) is 0.564. The van der Waals surface area contributed by atoms with E-state index in [0.717, 1.165) is 42.5 Å². The third-order valence-corrected chi connectivity index (χ3v) is 4.07. The number of H-pyrrole nitrogens is 1. The number of aromatic nitrogens is 3. The maximum Gasteiger partial charge on any atom is 0.276 e. The first-order valence-electron chi connectivity index (χ1n) is 6.05. The van der Waals surface area contributed by atoms with Gasteiger partial charge in [-0.25, -0.2) is 0 Å². The second kappa shape index (κ2) is 4.85. The first-order valence-corrected chi connectivity index (χ1v) is 6.85. The molecule has 2 aromatic heterocycles. The lowest BCUT2D eigenvalue weighted by Gasteiger charge is -2.22. The topological polar surface area (TPSA) is 59.9 Å². The van der Waals surface area contributed by atoms with E-state index in [4.69, 9.17) is 4.74 Å². The van der Waals surface area contributed by atoms with Crippen LogP contribution in [0.2, 0.25) is 0 Å². The fourth-order valence-corrected chi connectivity index (χ4v) is 2.93. The molecule has 2 aromatic rings. The summed E-state index contributed by atoms with van der Waals surface area (Å²) in [4.78, 5) is 12.3. The maximum absolute atomic E-state index is 12.3. The molecule has 0 bridgehead atoms. The molecular weight excluding hydrogens is 298 g/mol. The van der Waals surface area contributed by atoms with Crippen LogP contribution in [-0.4, -0.2) is 28.0 Å². The molecule has 1 fully saturated rings. The number of rotatable bonds is 2. The number of nitrogens with one attached hydrogen (secondary N) is 1. The van der Waals surface area contributed by atoms with Crippen molar-refractivity contribution in [2.24, 2.45) is 5.92 Å². The summed E-state index contributed by atoms with van der Waals surface area (Å²) in [7, 11) is 0. The van der Waals surface area contributed by atoms with Gasteiger partial charge in [-0.05, 0) is 34.7 Å². The molecule has 1 aliphatic rings. The molecule has 18 heavy (non-hydrogen) atoms. The van der Waals surface area contributed by atoms with Crippen LogP contribution in [0.25, 0.3) is 10.9 Å². The number of hydrogen-bond acceptors (Lipinski definition) is 3. The van der Waals surface area contributed by atoms with Crippen molar-refractivity contribution >= 4 is 26.8 Å². The molecule has 1 saturated heterocycles. The Morgan fingerprint density at radius 3 is 3.06 bits per heavy atom. The minimum atomic E-state index is -0.00260. The molecule has 3 heterocycles. The number of fused-ring (bicyclic) bond motifs is 1. The molecule has 0 unspecified atom stereocenters. The normalized spacial score (nSPS) is 17.4. The Bertz CT molecular complexity index is 613. The molecule has 1 aliphatic heterocycles. The number of nitrogens with zero attached hydrogens (tertiary/aromatic N) is 2. The van der Waals surface area contributed by atoms with E-state index in [1.54, 1.807) is 10.8 Å². The molecule has 1 N–H and O–H groups in total. The Labute approximate surface area is 112 Å². The molecule has 5 nitrogen and oxygen atoms in total. The summed E-state index contributed by atoms with van der Waals surface area (Å²) >= 11 is 3.48. The zero-order chi connectivity index (χ0) is 12.5. The minimum Gasteiger partial charge on any atom is -0.381 e. The minimum absolute atomic E-state index is 0.00260. The van der Waals surface area contributed by atoms with Gasteiger partial charge >= 0.3 is 0 Å². The summed E-state index contributed by atoms with van der Waals surface area (Å²) in [6, 6.07) is 0. The van der Waals surface area contributed by atoms with E-state index < -0.39 is 0 Å². The highest BCUT2D eigenvalue weighted by molar-refractivity contribution is 9.10. The molecule has 0 aromatic carbocycles. The maximum atomic E-state index is 12.3. The van der Waals surface area contributed by atoms with E-state index in [0.29, 0.717) is 11.4 Å². The highest BCUT2D eigenvalue weighted by atomic mass is 79.9. The molecule has 0 spiro atoms. The fourth-order valence-electron chi connectivity index (χ4n) is 2.38. The average molecular weight is 312 g/mol. The Hall–Kier alpha value is -1.14. The van der Waals surface area contributed by atoms with Gasteiger partial charge in [0, 0.05) is 35.8 Å². The summed E-state index contributed by atoms with van der Waals surface area (Å²) < 4.78 is 8.00. The predicted molar refractivity (Wildman–Crippen MR) is 71.6 cm³/mol. The fraction of sp³-hybridized carbons (Fsp3) is 0.500. The molecule has 3 rings (SSSR count). The number of hydrogen-bond donors (Lipinski definition) is 1. The van der Waals surface area contributed by atoms with Gasteiger partial charge < -0.3 is 9.30 Å². The Kier molecular flexibility index (Phi) is 3.22. The lowest BCUT2D eigenvalue weighted by Crippen LogP contribution is -2.27. The second-order valence-electron chi connectivity index (χ2n) is 4.65. The van der Waals surface area contributed by atoms with Gasteiger partial charge in [0.05, 0.1) is 6.20 Å². The average Bonchev–Trinajstić information content (AvgIpc) is 2.87. The molecule has 96 valence electrons. The van der Waals surface area contributed by atoms with Crippen LogP contribution < -0.4 is 5.56 Å². The number of halogens is 1. The van der Waals surface area contributed by atoms with Gasteiger partial charge in [-0.2, -0.15) is 5.10 Å². The van der Waals surface area contributed by atoms with E-state index in [1.165, 1.54) is 0 Å². The first-order chi connectivity index (χ1) is 8.75. The second-order valence-corrected chi connectivity index (χ2v) is 5.50. The van der Waals surface area contributed by atoms with Crippen molar-refractivity contribution < 1.29 is 4.74 Å². The third-order valence-electron chi connectivity index (χ3n) is 3.44. The quantitative estimate of drug-likeness (QED) is 0.921. The standard InChI is InChI=1S/C12H14BrN3O2/c13-10-7-16(6-8-1-3-18-4-2-8)12(17)11-9(10)5-14-15-11/h5,7-8H,1-4,6H2,(H,14,15). The van der Waals surface area contributed by atoms with Crippen LogP contribution in [0.4, 0.5) is 0 Å². The van der Waals surface area contributed by atoms with Crippen molar-refractivity contribution in [1.29, 1.82) is 0 Å². The van der Waals surface area contributed by atoms with Crippen molar-refractivity contribution in [1.82, 2.24) is 14.8 Å². The highest BCUT2D eigenvalue weighted by Crippen LogP contribution is 2.21. The van der Waals surface area contributed by atoms with E-state index in [2.05, 4.69) is 26.1 Å². The van der Waals surface area contributed by atoms with Gasteiger partial charge in [-0.15, -0.1) is 0 Å². The van der Waals surface area contributed by atoms with E-state index in [9.17, 15) is 4.79 Å². The van der Waals surface area contributed by atoms with Gasteiger partial charge in [0.15, 0.2) is 0 Å². The lowest BCUT2D eigenvalue weighted by molar-refractivity contribution is 0.0610. The van der Waals surface area contributed by atoms with Gasteiger partial charge in [-0.1, -0.05) is 0 Å². The Morgan fingerprint density at radius 1 is 1.50 bits per heavy atom. The first kappa shape index (κ1) is 11.9. The predicted octanol–water partition coefficient (Wildman–Crippen LogP) is 1.91. The smallest absolute Gasteiger partial charge is 0.276 e. The van der Waals surface area contributed by atoms with Crippen molar-refractivity contribution in [3.05, 3.63) is 27.2 Å². The number of aromatic amines is 1. The van der Waals surface area contributed by atoms with Crippen molar-refractivity contribution in [2.45, 2.75) is 19.4 Å². The van der Waals surface area contributed by atoms with Crippen LogP contribution in [0.1, 0.15) is 12.8 Å². The Balaban J connectivity index is 1.96. The SMILES string of the molecule is O=c1c2[nH]ncc2c(Br)cn1CC1CCOCC1. The van der Waals surface area contributed by atoms with Crippen LogP contribution in [0.3, 0.4) is 0 Å². The zero-order valence-corrected chi connectivity index (χ0v) is 11.4. The van der Waals surface area contributed by atoms with Crippen LogP contribution >= 0.6 is 15.9 Å². The summed E-state index contributed by atoms with van der Waals surface area (Å²) in [5.74, 6) is 0.517.